The van der Waals surface area contributed by atoms with E-state index in [2.05, 4.69) is 57.5 Å². The van der Waals surface area contributed by atoms with Gasteiger partial charge in [0.25, 0.3) is 0 Å². The molecule has 1 atom stereocenters. The van der Waals surface area contributed by atoms with Crippen molar-refractivity contribution in [3.05, 3.63) is 65.5 Å². The molecule has 4 rings (SSSR count). The molecular weight excluding hydrogens is 336 g/mol. The lowest BCUT2D eigenvalue weighted by atomic mass is 9.93. The molecule has 1 fully saturated rings. The van der Waals surface area contributed by atoms with Crippen LogP contribution in [0.3, 0.4) is 0 Å². The zero-order valence-corrected chi connectivity index (χ0v) is 16.0. The van der Waals surface area contributed by atoms with Crippen molar-refractivity contribution >= 4 is 5.91 Å². The third kappa shape index (κ3) is 4.37. The van der Waals surface area contributed by atoms with Crippen LogP contribution in [0.4, 0.5) is 0 Å². The Balaban J connectivity index is 1.28. The summed E-state index contributed by atoms with van der Waals surface area (Å²) in [5.41, 5.74) is 3.90. The molecule has 5 heteroatoms. The topological polar surface area (TPSA) is 48.5 Å². The van der Waals surface area contributed by atoms with E-state index in [0.717, 1.165) is 45.4 Å². The number of hydrogen-bond donors (Lipinski definition) is 1. The molecule has 27 heavy (non-hydrogen) atoms. The highest BCUT2D eigenvalue weighted by atomic mass is 16.2. The lowest BCUT2D eigenvalue weighted by Gasteiger charge is -2.36. The number of aromatic nitrogens is 1. The fourth-order valence-electron chi connectivity index (χ4n) is 4.23. The van der Waals surface area contributed by atoms with Crippen LogP contribution in [0, 0.1) is 0 Å². The second kappa shape index (κ2) is 8.19. The van der Waals surface area contributed by atoms with E-state index in [1.165, 1.54) is 16.7 Å². The third-order valence-corrected chi connectivity index (χ3v) is 5.85. The molecule has 0 unspecified atom stereocenters. The standard InChI is InChI=1S/C22H28N4O/c1-25-16-19-7-3-2-6-18(19)13-21(25)22(27)24-20-8-11-26(12-9-20)15-17-5-4-10-23-14-17/h2-7,10,14,20-21H,8-9,11-13,15-16H2,1H3,(H,24,27)/t21-/m1/s1. The smallest absolute Gasteiger partial charge is 0.237 e. The summed E-state index contributed by atoms with van der Waals surface area (Å²) in [6, 6.07) is 12.8. The summed E-state index contributed by atoms with van der Waals surface area (Å²) in [6.45, 7) is 3.82. The van der Waals surface area contributed by atoms with Gasteiger partial charge in [-0.05, 0) is 49.1 Å². The second-order valence-electron chi connectivity index (χ2n) is 7.82. The number of likely N-dealkylation sites (tertiary alicyclic amines) is 1. The van der Waals surface area contributed by atoms with Crippen LogP contribution in [0.15, 0.2) is 48.8 Å². The van der Waals surface area contributed by atoms with Gasteiger partial charge in [-0.3, -0.25) is 19.6 Å². The maximum Gasteiger partial charge on any atom is 0.237 e. The molecule has 142 valence electrons. The quantitative estimate of drug-likeness (QED) is 0.904. The van der Waals surface area contributed by atoms with Gasteiger partial charge in [-0.1, -0.05) is 30.3 Å². The molecule has 3 heterocycles. The lowest BCUT2D eigenvalue weighted by Crippen LogP contribution is -2.53. The van der Waals surface area contributed by atoms with E-state index in [0.29, 0.717) is 0 Å². The van der Waals surface area contributed by atoms with E-state index >= 15 is 0 Å². The Hall–Kier alpha value is -2.24. The summed E-state index contributed by atoms with van der Waals surface area (Å²) in [4.78, 5) is 21.7. The molecule has 1 saturated heterocycles. The van der Waals surface area contributed by atoms with Gasteiger partial charge in [-0.25, -0.2) is 0 Å². The SMILES string of the molecule is CN1Cc2ccccc2C[C@@H]1C(=O)NC1CCN(Cc2cccnc2)CC1. The van der Waals surface area contributed by atoms with Crippen molar-refractivity contribution in [1.29, 1.82) is 0 Å². The Morgan fingerprint density at radius 1 is 1.15 bits per heavy atom. The summed E-state index contributed by atoms with van der Waals surface area (Å²) < 4.78 is 0. The fourth-order valence-corrected chi connectivity index (χ4v) is 4.23. The van der Waals surface area contributed by atoms with E-state index in [9.17, 15) is 4.79 Å². The monoisotopic (exact) mass is 364 g/mol. The number of piperidine rings is 1. The number of amides is 1. The Kier molecular flexibility index (Phi) is 5.50. The number of fused-ring (bicyclic) bond motifs is 1. The lowest BCUT2D eigenvalue weighted by molar-refractivity contribution is -0.127. The summed E-state index contributed by atoms with van der Waals surface area (Å²) >= 11 is 0. The van der Waals surface area contributed by atoms with Crippen molar-refractivity contribution in [3.63, 3.8) is 0 Å². The van der Waals surface area contributed by atoms with Crippen LogP contribution in [0.2, 0.25) is 0 Å². The molecule has 0 saturated carbocycles. The minimum absolute atomic E-state index is 0.0617. The number of likely N-dealkylation sites (N-methyl/N-ethyl adjacent to an activating group) is 1. The number of carbonyl (C=O) groups is 1. The van der Waals surface area contributed by atoms with Crippen LogP contribution < -0.4 is 5.32 Å². The molecule has 0 radical (unpaired) electrons. The molecule has 1 aromatic heterocycles. The largest absolute Gasteiger partial charge is 0.352 e. The number of nitrogens with one attached hydrogen (secondary N) is 1. The van der Waals surface area contributed by atoms with Gasteiger partial charge in [0.05, 0.1) is 6.04 Å². The normalized spacial score (nSPS) is 21.6. The fraction of sp³-hybridized carbons (Fsp3) is 0.455. The van der Waals surface area contributed by atoms with E-state index < -0.39 is 0 Å². The van der Waals surface area contributed by atoms with Crippen molar-refractivity contribution in [2.24, 2.45) is 0 Å². The predicted octanol–water partition coefficient (Wildman–Crippen LogP) is 2.22. The number of hydrogen-bond acceptors (Lipinski definition) is 4. The van der Waals surface area contributed by atoms with Crippen LogP contribution in [0.5, 0.6) is 0 Å². The molecule has 1 N–H and O–H groups in total. The van der Waals surface area contributed by atoms with Crippen LogP contribution in [-0.2, 0) is 24.3 Å². The third-order valence-electron chi connectivity index (χ3n) is 5.85. The highest BCUT2D eigenvalue weighted by molar-refractivity contribution is 5.82. The van der Waals surface area contributed by atoms with E-state index in [1.54, 1.807) is 0 Å². The Bertz CT molecular complexity index is 771. The minimum atomic E-state index is -0.0617. The zero-order chi connectivity index (χ0) is 18.6. The number of pyridine rings is 1. The van der Waals surface area contributed by atoms with Gasteiger partial charge >= 0.3 is 0 Å². The molecule has 2 aliphatic rings. The molecule has 0 aliphatic carbocycles. The average Bonchev–Trinajstić information content (AvgIpc) is 2.69. The maximum atomic E-state index is 12.9. The van der Waals surface area contributed by atoms with E-state index in [-0.39, 0.29) is 18.0 Å². The van der Waals surface area contributed by atoms with Crippen LogP contribution in [0.25, 0.3) is 0 Å². The molecule has 5 nitrogen and oxygen atoms in total. The van der Waals surface area contributed by atoms with Crippen molar-refractivity contribution in [2.45, 2.75) is 44.4 Å². The Labute approximate surface area is 161 Å². The molecule has 0 spiro atoms. The first-order chi connectivity index (χ1) is 13.2. The summed E-state index contributed by atoms with van der Waals surface area (Å²) in [7, 11) is 2.05. The second-order valence-corrected chi connectivity index (χ2v) is 7.82. The first-order valence-corrected chi connectivity index (χ1v) is 9.87. The van der Waals surface area contributed by atoms with E-state index in [4.69, 9.17) is 0 Å². The van der Waals surface area contributed by atoms with Gasteiger partial charge in [-0.2, -0.15) is 0 Å². The van der Waals surface area contributed by atoms with E-state index in [1.807, 2.05) is 18.5 Å². The van der Waals surface area contributed by atoms with Gasteiger partial charge in [0.15, 0.2) is 0 Å². The summed E-state index contributed by atoms with van der Waals surface area (Å²) in [5.74, 6) is 0.178. The summed E-state index contributed by atoms with van der Waals surface area (Å²) in [6.07, 6.45) is 6.58. The number of benzene rings is 1. The number of rotatable bonds is 4. The molecule has 2 aliphatic heterocycles. The van der Waals surface area contributed by atoms with Crippen LogP contribution in [0.1, 0.15) is 29.5 Å². The highest BCUT2D eigenvalue weighted by Gasteiger charge is 2.30. The van der Waals surface area contributed by atoms with Crippen molar-refractivity contribution < 1.29 is 4.79 Å². The van der Waals surface area contributed by atoms with Gasteiger partial charge in [0, 0.05) is 44.6 Å². The van der Waals surface area contributed by atoms with Crippen LogP contribution in [-0.4, -0.2) is 52.9 Å². The highest BCUT2D eigenvalue weighted by Crippen LogP contribution is 2.22. The zero-order valence-electron chi connectivity index (χ0n) is 16.0. The van der Waals surface area contributed by atoms with Gasteiger partial charge in [0.1, 0.15) is 0 Å². The maximum absolute atomic E-state index is 12.9. The average molecular weight is 364 g/mol. The molecule has 0 bridgehead atoms. The molecule has 2 aromatic rings. The van der Waals surface area contributed by atoms with Gasteiger partial charge in [-0.15, -0.1) is 0 Å². The molecule has 1 amide bonds. The van der Waals surface area contributed by atoms with Gasteiger partial charge < -0.3 is 5.32 Å². The van der Waals surface area contributed by atoms with Crippen molar-refractivity contribution in [1.82, 2.24) is 20.1 Å². The van der Waals surface area contributed by atoms with Gasteiger partial charge in [0.2, 0.25) is 5.91 Å². The van der Waals surface area contributed by atoms with Crippen molar-refractivity contribution in [3.8, 4) is 0 Å². The predicted molar refractivity (Wildman–Crippen MR) is 106 cm³/mol. The Morgan fingerprint density at radius 2 is 1.93 bits per heavy atom. The molecular formula is C22H28N4O. The number of nitrogens with zero attached hydrogens (tertiary/aromatic N) is 3. The number of carbonyl (C=O) groups excluding carboxylic acids is 1. The minimum Gasteiger partial charge on any atom is -0.352 e. The van der Waals surface area contributed by atoms with Crippen molar-refractivity contribution in [2.75, 3.05) is 20.1 Å². The first kappa shape index (κ1) is 18.1. The Morgan fingerprint density at radius 3 is 2.67 bits per heavy atom. The molecule has 1 aromatic carbocycles. The van der Waals surface area contributed by atoms with Crippen LogP contribution >= 0.6 is 0 Å². The first-order valence-electron chi connectivity index (χ1n) is 9.87. The summed E-state index contributed by atoms with van der Waals surface area (Å²) in [5, 5.41) is 3.31.